The number of Topliss-reactive ketones (excluding diaryl/α,β-unsaturated/α-hetero) is 1. The molecule has 3 aliphatic rings. The van der Waals surface area contributed by atoms with Crippen LogP contribution in [0, 0.1) is 35.5 Å². The van der Waals surface area contributed by atoms with Crippen LogP contribution in [0.15, 0.2) is 37.0 Å². The van der Waals surface area contributed by atoms with Gasteiger partial charge in [-0.2, -0.15) is 62.3 Å². The molecule has 11 nitrogen and oxygen atoms in total. The van der Waals surface area contributed by atoms with Crippen molar-refractivity contribution in [3.05, 3.63) is 37.0 Å². The second-order valence-electron chi connectivity index (χ2n) is 18.9. The molecule has 1 heterocycles. The predicted octanol–water partition coefficient (Wildman–Crippen LogP) is 11.8. The molecule has 2 bridgehead atoms. The Morgan fingerprint density at radius 2 is 1.37 bits per heavy atom. The van der Waals surface area contributed by atoms with E-state index in [2.05, 4.69) is 129 Å². The van der Waals surface area contributed by atoms with Gasteiger partial charge in [-0.15, -0.1) is 0 Å². The van der Waals surface area contributed by atoms with E-state index in [-0.39, 0.29) is 12.1 Å². The Bertz CT molecular complexity index is 1380. The fourth-order valence-electron chi connectivity index (χ4n) is 9.38. The number of nitrogens with one attached hydrogen (secondary N) is 1. The quantitative estimate of drug-likeness (QED) is 0.0189. The van der Waals surface area contributed by atoms with Gasteiger partial charge in [-0.3, -0.25) is 24.2 Å². The van der Waals surface area contributed by atoms with Crippen molar-refractivity contribution in [3.8, 4) is 0 Å². The number of hydrogen-bond donors (Lipinski definition) is 5. The maximum absolute atomic E-state index is 12.5. The van der Waals surface area contributed by atoms with Gasteiger partial charge in [0.25, 0.3) is 0 Å². The molecule has 394 valence electrons. The van der Waals surface area contributed by atoms with Crippen LogP contribution in [0.5, 0.6) is 0 Å². The zero-order valence-electron chi connectivity index (χ0n) is 43.5. The van der Waals surface area contributed by atoms with Crippen LogP contribution < -0.4 is 5.32 Å². The van der Waals surface area contributed by atoms with E-state index in [1.54, 1.807) is 9.80 Å². The highest BCUT2D eigenvalue weighted by Crippen LogP contribution is 2.57. The maximum Gasteiger partial charge on any atom is 0.333 e. The van der Waals surface area contributed by atoms with E-state index >= 15 is 0 Å². The highest BCUT2D eigenvalue weighted by molar-refractivity contribution is 7.99. The number of nitrogens with zero attached hydrogens (tertiary/aromatic N) is 5. The molecule has 3 fully saturated rings. The summed E-state index contributed by atoms with van der Waals surface area (Å²) in [5.74, 6) is 11.9. The first-order valence-electron chi connectivity index (χ1n) is 25.7. The van der Waals surface area contributed by atoms with Crippen molar-refractivity contribution in [2.75, 3.05) is 80.8 Å². The Labute approximate surface area is 441 Å². The first-order valence-corrected chi connectivity index (χ1v) is 29.3. The summed E-state index contributed by atoms with van der Waals surface area (Å²) in [4.78, 5) is 65.8. The van der Waals surface area contributed by atoms with Gasteiger partial charge in [0.1, 0.15) is 17.4 Å². The Morgan fingerprint density at radius 3 is 1.88 bits per heavy atom. The van der Waals surface area contributed by atoms with Gasteiger partial charge < -0.3 is 15.1 Å². The molecular weight excluding hydrogens is 949 g/mol. The lowest BCUT2D eigenvalue weighted by Crippen LogP contribution is -2.59. The number of unbranched alkanes of at least 4 members (excludes halogenated alkanes) is 1. The number of hydrogen-bond acceptors (Lipinski definition) is 11. The van der Waals surface area contributed by atoms with Crippen molar-refractivity contribution in [1.82, 2.24) is 29.8 Å². The zero-order chi connectivity index (χ0) is 51.4. The summed E-state index contributed by atoms with van der Waals surface area (Å²) >= 11 is 18.5. The number of amides is 6. The van der Waals surface area contributed by atoms with Gasteiger partial charge >= 0.3 is 12.1 Å². The number of urea groups is 2. The second-order valence-corrected chi connectivity index (χ2v) is 21.9. The highest BCUT2D eigenvalue weighted by Gasteiger charge is 2.49. The lowest BCUT2D eigenvalue weighted by molar-refractivity contribution is -0.119. The minimum Gasteiger partial charge on any atom is -0.315 e. The van der Waals surface area contributed by atoms with Gasteiger partial charge in [-0.1, -0.05) is 86.1 Å². The number of thiol groups is 4. The molecule has 5 atom stereocenters. The summed E-state index contributed by atoms with van der Waals surface area (Å²) in [5, 5.41) is 2.30. The zero-order valence-corrected chi connectivity index (χ0v) is 47.9. The average molecular weight is 1050 g/mol. The molecule has 1 N–H and O–H groups in total. The number of rotatable bonds is 34. The van der Waals surface area contributed by atoms with Crippen LogP contribution in [0.3, 0.4) is 0 Å². The predicted molar refractivity (Wildman–Crippen MR) is 304 cm³/mol. The molecule has 2 aliphatic carbocycles. The molecule has 5 unspecified atom stereocenters. The smallest absolute Gasteiger partial charge is 0.315 e. The fraction of sp³-hybridized carbons (Fsp3) is 0.788. The van der Waals surface area contributed by atoms with E-state index < -0.39 is 0 Å². The molecular formula is C52H96N6O5S5. The minimum atomic E-state index is -0.277. The Kier molecular flexibility index (Phi) is 39.8. The lowest BCUT2D eigenvalue weighted by Gasteiger charge is -2.42. The van der Waals surface area contributed by atoms with Crippen LogP contribution in [0.25, 0.3) is 0 Å². The van der Waals surface area contributed by atoms with Crippen LogP contribution in [0.2, 0.25) is 0 Å². The Balaban J connectivity index is 0.000000953. The van der Waals surface area contributed by atoms with Crippen molar-refractivity contribution in [1.29, 1.82) is 0 Å². The normalized spacial score (nSPS) is 19.5. The molecule has 0 spiro atoms. The van der Waals surface area contributed by atoms with Gasteiger partial charge in [0, 0.05) is 44.8 Å². The van der Waals surface area contributed by atoms with Crippen molar-refractivity contribution < 1.29 is 24.0 Å². The summed E-state index contributed by atoms with van der Waals surface area (Å²) in [7, 11) is 2.19. The Morgan fingerprint density at radius 1 is 0.794 bits per heavy atom. The molecule has 0 aromatic heterocycles. The van der Waals surface area contributed by atoms with Crippen LogP contribution in [-0.2, 0) is 14.4 Å². The SMILES string of the molecule is C=C(CCC)CC(C)C.C=C(NC=O)N(C=O)CCCS.C=C1N(CCCC)C(=O)N(CCCS)C(=O)N1CCCS.CCC1C(C)C2CC(CCC(=O)CCSCCCN(C)CCCS)C1C2. The fourth-order valence-corrected chi connectivity index (χ4v) is 10.9. The summed E-state index contributed by atoms with van der Waals surface area (Å²) < 4.78 is 0. The molecule has 0 radical (unpaired) electrons. The minimum absolute atomic E-state index is 0.262. The molecule has 16 heteroatoms. The molecule has 0 aromatic carbocycles. The molecule has 1 saturated heterocycles. The average Bonchev–Trinajstić information content (AvgIpc) is 3.87. The molecule has 0 aromatic rings. The van der Waals surface area contributed by atoms with E-state index in [0.29, 0.717) is 80.1 Å². The maximum atomic E-state index is 12.5. The van der Waals surface area contributed by atoms with Crippen molar-refractivity contribution in [2.45, 2.75) is 144 Å². The number of ketones is 1. The molecule has 2 saturated carbocycles. The number of imide groups is 1. The largest absolute Gasteiger partial charge is 0.333 e. The summed E-state index contributed by atoms with van der Waals surface area (Å²) in [6.07, 6.45) is 18.3. The van der Waals surface area contributed by atoms with Gasteiger partial charge in [0.05, 0.1) is 0 Å². The van der Waals surface area contributed by atoms with Gasteiger partial charge in [0.2, 0.25) is 12.8 Å². The van der Waals surface area contributed by atoms with Crippen molar-refractivity contribution >= 4 is 92.9 Å². The number of thioether (sulfide) groups is 1. The van der Waals surface area contributed by atoms with Crippen molar-refractivity contribution in [3.63, 3.8) is 0 Å². The first-order chi connectivity index (χ1) is 32.6. The van der Waals surface area contributed by atoms with Crippen molar-refractivity contribution in [2.24, 2.45) is 35.5 Å². The summed E-state index contributed by atoms with van der Waals surface area (Å²) in [6, 6.07) is -0.538. The van der Waals surface area contributed by atoms with Gasteiger partial charge in [-0.05, 0) is 155 Å². The number of allylic oxidation sites excluding steroid dienone is 1. The molecule has 6 amide bonds. The topological polar surface area (TPSA) is 114 Å². The van der Waals surface area contributed by atoms with Gasteiger partial charge in [-0.25, -0.2) is 14.5 Å². The second kappa shape index (κ2) is 40.8. The third kappa shape index (κ3) is 26.6. The number of carbonyl (C=O) groups excluding carboxylic acids is 5. The summed E-state index contributed by atoms with van der Waals surface area (Å²) in [5.41, 5.74) is 1.41. The third-order valence-electron chi connectivity index (χ3n) is 13.0. The number of fused-ring (bicyclic) bond motifs is 2. The summed E-state index contributed by atoms with van der Waals surface area (Å²) in [6.45, 7) is 29.3. The van der Waals surface area contributed by atoms with E-state index in [0.717, 1.165) is 98.6 Å². The standard InChI is InChI=1S/C22H41NOS2.C14H25N3O2S2.C9H18.C7H12N2O2S/c1-4-21-17(2)19-15-18(22(21)16-19)7-8-20(24)9-14-26-13-6-11-23(3)10-5-12-25;1-3-4-7-15-12(2)16(8-5-10-20)14(19)17(13(15)18)9-6-11-21;1-5-6-9(4)7-8(2)3;1-7(8-5-10)9(6-11)3-2-4-12/h17-19,21-22,25H,4-16H2,1-3H3;20-21H,2-11H2,1H3;8H,4-7H2,1-3H3;5-6,12H,1-4H2,(H,8,10). The molecule has 3 rings (SSSR count). The van der Waals surface area contributed by atoms with E-state index in [4.69, 9.17) is 0 Å². The van der Waals surface area contributed by atoms with Crippen LogP contribution >= 0.6 is 62.3 Å². The monoisotopic (exact) mass is 1040 g/mol. The molecule has 1 aliphatic heterocycles. The van der Waals surface area contributed by atoms with E-state index in [1.165, 1.54) is 78.9 Å². The molecule has 68 heavy (non-hydrogen) atoms. The third-order valence-corrected chi connectivity index (χ3v) is 15.3. The Hall–Kier alpha value is -1.72. The number of carbonyl (C=O) groups is 5. The van der Waals surface area contributed by atoms with Gasteiger partial charge in [0.15, 0.2) is 0 Å². The lowest BCUT2D eigenvalue weighted by atomic mass is 9.72. The van der Waals surface area contributed by atoms with Crippen LogP contribution in [0.4, 0.5) is 9.59 Å². The van der Waals surface area contributed by atoms with Crippen LogP contribution in [0.1, 0.15) is 144 Å². The van der Waals surface area contributed by atoms with E-state index in [9.17, 15) is 24.0 Å². The van der Waals surface area contributed by atoms with Crippen LogP contribution in [-0.4, -0.2) is 136 Å². The van der Waals surface area contributed by atoms with E-state index in [1.807, 2.05) is 11.8 Å². The highest BCUT2D eigenvalue weighted by atomic mass is 32.2. The first kappa shape index (κ1) is 66.3.